The van der Waals surface area contributed by atoms with Crippen molar-refractivity contribution in [3.05, 3.63) is 33.8 Å². The van der Waals surface area contributed by atoms with Crippen LogP contribution in [0.4, 0.5) is 5.95 Å². The van der Waals surface area contributed by atoms with E-state index in [4.69, 9.17) is 4.74 Å². The first kappa shape index (κ1) is 19.1. The van der Waals surface area contributed by atoms with Crippen molar-refractivity contribution in [3.63, 3.8) is 0 Å². The highest BCUT2D eigenvalue weighted by molar-refractivity contribution is 5.88. The zero-order chi connectivity index (χ0) is 19.4. The van der Waals surface area contributed by atoms with Crippen molar-refractivity contribution in [2.45, 2.75) is 52.5 Å². The lowest BCUT2D eigenvalue weighted by Crippen LogP contribution is -2.27. The average molecular weight is 370 g/mol. The first-order chi connectivity index (χ1) is 13.0. The number of esters is 1. The van der Waals surface area contributed by atoms with Gasteiger partial charge in [-0.15, -0.1) is 0 Å². The Balaban J connectivity index is 2.19. The minimum Gasteiger partial charge on any atom is -0.463 e. The molecule has 0 unspecified atom stereocenters. The number of nitrogens with one attached hydrogen (secondary N) is 1. The smallest absolute Gasteiger partial charge is 0.330 e. The van der Waals surface area contributed by atoms with E-state index in [0.717, 1.165) is 36.8 Å². The Kier molecular flexibility index (Phi) is 5.88. The van der Waals surface area contributed by atoms with E-state index in [0.29, 0.717) is 30.3 Å². The molecule has 1 fully saturated rings. The second-order valence-corrected chi connectivity index (χ2v) is 6.70. The van der Waals surface area contributed by atoms with Gasteiger partial charge in [-0.1, -0.05) is 12.8 Å². The second kappa shape index (κ2) is 8.33. The molecule has 0 saturated heterocycles. The first-order valence-corrected chi connectivity index (χ1v) is 9.57. The van der Waals surface area contributed by atoms with Gasteiger partial charge in [0, 0.05) is 29.6 Å². The van der Waals surface area contributed by atoms with Crippen molar-refractivity contribution in [1.82, 2.24) is 14.5 Å². The van der Waals surface area contributed by atoms with Gasteiger partial charge in [0.15, 0.2) is 0 Å². The molecule has 0 aromatic carbocycles. The molecule has 27 heavy (non-hydrogen) atoms. The number of ether oxygens (including phenoxy) is 1. The Morgan fingerprint density at radius 2 is 2.07 bits per heavy atom. The number of fused-ring (bicyclic) bond motifs is 1. The molecule has 1 aliphatic rings. The van der Waals surface area contributed by atoms with E-state index < -0.39 is 5.97 Å². The quantitative estimate of drug-likeness (QED) is 0.621. The van der Waals surface area contributed by atoms with Gasteiger partial charge in [0.25, 0.3) is 5.56 Å². The van der Waals surface area contributed by atoms with Gasteiger partial charge in [-0.2, -0.15) is 4.98 Å². The van der Waals surface area contributed by atoms with Gasteiger partial charge in [-0.25, -0.2) is 9.78 Å². The Labute approximate surface area is 158 Å². The monoisotopic (exact) mass is 370 g/mol. The largest absolute Gasteiger partial charge is 0.463 e. The third-order valence-electron chi connectivity index (χ3n) is 4.82. The number of pyridine rings is 1. The molecular formula is C20H26N4O3. The molecular weight excluding hydrogens is 344 g/mol. The van der Waals surface area contributed by atoms with Crippen LogP contribution in [0.3, 0.4) is 0 Å². The van der Waals surface area contributed by atoms with E-state index in [9.17, 15) is 9.59 Å². The zero-order valence-electron chi connectivity index (χ0n) is 16.1. The topological polar surface area (TPSA) is 86.1 Å². The maximum Gasteiger partial charge on any atom is 0.330 e. The van der Waals surface area contributed by atoms with E-state index in [-0.39, 0.29) is 11.6 Å². The SMILES string of the molecule is CCNc1nc(C)c2cc(C=CC(=O)OCC)c(=O)n(C3CCCC3)c2n1. The number of aryl methyl sites for hydroxylation is 1. The Morgan fingerprint density at radius 3 is 2.74 bits per heavy atom. The number of carbonyl (C=O) groups is 1. The van der Waals surface area contributed by atoms with Gasteiger partial charge in [0.1, 0.15) is 5.65 Å². The average Bonchev–Trinajstić information content (AvgIpc) is 3.15. The summed E-state index contributed by atoms with van der Waals surface area (Å²) >= 11 is 0. The summed E-state index contributed by atoms with van der Waals surface area (Å²) in [6.45, 7) is 6.65. The molecule has 1 N–H and O–H groups in total. The van der Waals surface area contributed by atoms with Crippen LogP contribution < -0.4 is 10.9 Å². The number of nitrogens with zero attached hydrogens (tertiary/aromatic N) is 3. The molecule has 2 aromatic heterocycles. The summed E-state index contributed by atoms with van der Waals surface area (Å²) in [5.74, 6) is 0.0725. The summed E-state index contributed by atoms with van der Waals surface area (Å²) < 4.78 is 6.71. The Morgan fingerprint density at radius 1 is 1.33 bits per heavy atom. The lowest BCUT2D eigenvalue weighted by atomic mass is 10.1. The molecule has 0 radical (unpaired) electrons. The molecule has 1 saturated carbocycles. The number of anilines is 1. The molecule has 2 heterocycles. The van der Waals surface area contributed by atoms with E-state index in [1.165, 1.54) is 12.2 Å². The second-order valence-electron chi connectivity index (χ2n) is 6.70. The summed E-state index contributed by atoms with van der Waals surface area (Å²) in [7, 11) is 0. The molecule has 0 spiro atoms. The number of hydrogen-bond acceptors (Lipinski definition) is 6. The normalized spacial score (nSPS) is 14.9. The van der Waals surface area contributed by atoms with Gasteiger partial charge in [-0.05, 0) is 45.8 Å². The molecule has 0 atom stereocenters. The van der Waals surface area contributed by atoms with Crippen LogP contribution in [-0.2, 0) is 9.53 Å². The van der Waals surface area contributed by atoms with Crippen LogP contribution in [-0.4, -0.2) is 33.7 Å². The summed E-state index contributed by atoms with van der Waals surface area (Å²) in [6, 6.07) is 1.89. The Bertz CT molecular complexity index is 927. The van der Waals surface area contributed by atoms with Crippen molar-refractivity contribution in [1.29, 1.82) is 0 Å². The van der Waals surface area contributed by atoms with Crippen molar-refractivity contribution in [2.75, 3.05) is 18.5 Å². The fourth-order valence-electron chi connectivity index (χ4n) is 3.58. The maximum absolute atomic E-state index is 13.2. The molecule has 0 bridgehead atoms. The van der Waals surface area contributed by atoms with Crippen LogP contribution in [0.2, 0.25) is 0 Å². The van der Waals surface area contributed by atoms with E-state index in [2.05, 4.69) is 15.3 Å². The van der Waals surface area contributed by atoms with Gasteiger partial charge in [0.2, 0.25) is 5.95 Å². The van der Waals surface area contributed by atoms with Crippen molar-refractivity contribution in [2.24, 2.45) is 0 Å². The first-order valence-electron chi connectivity index (χ1n) is 9.57. The highest BCUT2D eigenvalue weighted by Crippen LogP contribution is 2.31. The zero-order valence-corrected chi connectivity index (χ0v) is 16.1. The lowest BCUT2D eigenvalue weighted by Gasteiger charge is -2.18. The van der Waals surface area contributed by atoms with E-state index in [1.807, 2.05) is 13.8 Å². The van der Waals surface area contributed by atoms with Crippen LogP contribution in [0.25, 0.3) is 17.1 Å². The van der Waals surface area contributed by atoms with E-state index in [1.54, 1.807) is 17.6 Å². The fraction of sp³-hybridized carbons (Fsp3) is 0.500. The van der Waals surface area contributed by atoms with Crippen LogP contribution in [0, 0.1) is 6.92 Å². The van der Waals surface area contributed by atoms with Gasteiger partial charge in [-0.3, -0.25) is 9.36 Å². The fourth-order valence-corrected chi connectivity index (χ4v) is 3.58. The molecule has 3 rings (SSSR count). The third kappa shape index (κ3) is 4.02. The molecule has 0 aliphatic heterocycles. The minimum atomic E-state index is -0.458. The van der Waals surface area contributed by atoms with Gasteiger partial charge < -0.3 is 10.1 Å². The van der Waals surface area contributed by atoms with Crippen molar-refractivity contribution < 1.29 is 9.53 Å². The van der Waals surface area contributed by atoms with E-state index >= 15 is 0 Å². The number of carbonyl (C=O) groups excluding carboxylic acids is 1. The van der Waals surface area contributed by atoms with Gasteiger partial charge in [0.05, 0.1) is 12.3 Å². The molecule has 2 aromatic rings. The summed E-state index contributed by atoms with van der Waals surface area (Å²) in [5.41, 5.74) is 1.78. The highest BCUT2D eigenvalue weighted by Gasteiger charge is 2.23. The minimum absolute atomic E-state index is 0.125. The van der Waals surface area contributed by atoms with Crippen molar-refractivity contribution in [3.8, 4) is 0 Å². The van der Waals surface area contributed by atoms with Crippen molar-refractivity contribution >= 4 is 29.0 Å². The molecule has 1 aliphatic carbocycles. The van der Waals surface area contributed by atoms with Crippen LogP contribution in [0.15, 0.2) is 16.9 Å². The predicted molar refractivity (Wildman–Crippen MR) is 106 cm³/mol. The van der Waals surface area contributed by atoms with Crippen LogP contribution in [0.1, 0.15) is 56.8 Å². The summed E-state index contributed by atoms with van der Waals surface area (Å²) in [4.78, 5) is 34.0. The molecule has 7 heteroatoms. The number of hydrogen-bond donors (Lipinski definition) is 1. The number of rotatable bonds is 6. The lowest BCUT2D eigenvalue weighted by molar-refractivity contribution is -0.137. The summed E-state index contributed by atoms with van der Waals surface area (Å²) in [5, 5.41) is 3.96. The third-order valence-corrected chi connectivity index (χ3v) is 4.82. The molecule has 144 valence electrons. The Hall–Kier alpha value is -2.70. The maximum atomic E-state index is 13.2. The molecule has 0 amide bonds. The number of aromatic nitrogens is 3. The van der Waals surface area contributed by atoms with Crippen LogP contribution in [0.5, 0.6) is 0 Å². The predicted octanol–water partition coefficient (Wildman–Crippen LogP) is 3.22. The summed E-state index contributed by atoms with van der Waals surface area (Å²) in [6.07, 6.45) is 6.95. The van der Waals surface area contributed by atoms with Gasteiger partial charge >= 0.3 is 5.97 Å². The molecule has 7 nitrogen and oxygen atoms in total. The highest BCUT2D eigenvalue weighted by atomic mass is 16.5. The standard InChI is InChI=1S/C20H26N4O3/c1-4-21-20-22-13(3)16-12-14(10-11-17(25)27-5-2)19(26)24(18(16)23-20)15-8-6-7-9-15/h10-12,15H,4-9H2,1-3H3,(H,21,22,23). The van der Waals surface area contributed by atoms with Crippen LogP contribution >= 0.6 is 0 Å².